The summed E-state index contributed by atoms with van der Waals surface area (Å²) in [5.41, 5.74) is 1.67. The first-order valence-corrected chi connectivity index (χ1v) is 8.58. The highest BCUT2D eigenvalue weighted by molar-refractivity contribution is 6.05. The van der Waals surface area contributed by atoms with Gasteiger partial charge in [0.05, 0.1) is 28.8 Å². The summed E-state index contributed by atoms with van der Waals surface area (Å²) in [4.78, 5) is 20.9. The molecule has 1 N–H and O–H groups in total. The van der Waals surface area contributed by atoms with Crippen molar-refractivity contribution < 1.29 is 13.6 Å². The van der Waals surface area contributed by atoms with E-state index < -0.39 is 17.5 Å². The van der Waals surface area contributed by atoms with E-state index >= 15 is 0 Å². The van der Waals surface area contributed by atoms with Crippen LogP contribution in [0.5, 0.6) is 0 Å². The molecule has 0 fully saturated rings. The molecule has 146 valence electrons. The molecule has 3 aromatic heterocycles. The average molecular weight is 395 g/mol. The molecule has 29 heavy (non-hydrogen) atoms. The molecular formula is C19H15F2N7O. The van der Waals surface area contributed by atoms with Gasteiger partial charge in [0.15, 0.2) is 11.6 Å². The Morgan fingerprint density at radius 3 is 2.62 bits per heavy atom. The number of pyridine rings is 1. The van der Waals surface area contributed by atoms with Gasteiger partial charge in [-0.2, -0.15) is 10.2 Å². The molecule has 10 heteroatoms. The summed E-state index contributed by atoms with van der Waals surface area (Å²) in [5.74, 6) is -1.32. The van der Waals surface area contributed by atoms with Crippen molar-refractivity contribution in [3.05, 3.63) is 77.8 Å². The highest BCUT2D eigenvalue weighted by Gasteiger charge is 2.21. The Bertz CT molecular complexity index is 1180. The molecule has 8 nitrogen and oxygen atoms in total. The van der Waals surface area contributed by atoms with Gasteiger partial charge >= 0.3 is 0 Å². The van der Waals surface area contributed by atoms with Crippen molar-refractivity contribution in [3.63, 3.8) is 0 Å². The maximum Gasteiger partial charge on any atom is 0.259 e. The summed E-state index contributed by atoms with van der Waals surface area (Å²) in [6, 6.07) is 6.54. The molecule has 0 spiro atoms. The third-order valence-electron chi connectivity index (χ3n) is 4.32. The maximum atomic E-state index is 14.1. The smallest absolute Gasteiger partial charge is 0.259 e. The second kappa shape index (κ2) is 7.23. The fourth-order valence-electron chi connectivity index (χ4n) is 2.97. The van der Waals surface area contributed by atoms with Crippen LogP contribution in [0.3, 0.4) is 0 Å². The van der Waals surface area contributed by atoms with Crippen LogP contribution >= 0.6 is 0 Å². The number of carbonyl (C=O) groups is 1. The number of benzene rings is 1. The minimum absolute atomic E-state index is 0.0601. The number of aryl methyl sites for hydroxylation is 1. The second-order valence-corrected chi connectivity index (χ2v) is 6.25. The van der Waals surface area contributed by atoms with Crippen molar-refractivity contribution in [1.82, 2.24) is 29.5 Å². The van der Waals surface area contributed by atoms with Crippen LogP contribution in [-0.2, 0) is 0 Å². The van der Waals surface area contributed by atoms with Crippen LogP contribution in [0.2, 0.25) is 0 Å². The number of amides is 1. The van der Waals surface area contributed by atoms with E-state index in [-0.39, 0.29) is 5.69 Å². The van der Waals surface area contributed by atoms with Crippen LogP contribution < -0.4 is 5.32 Å². The van der Waals surface area contributed by atoms with Gasteiger partial charge in [0.25, 0.3) is 5.91 Å². The number of rotatable bonds is 4. The summed E-state index contributed by atoms with van der Waals surface area (Å²) in [7, 11) is 0. The highest BCUT2D eigenvalue weighted by Crippen LogP contribution is 2.22. The van der Waals surface area contributed by atoms with E-state index in [2.05, 4.69) is 25.5 Å². The summed E-state index contributed by atoms with van der Waals surface area (Å²) in [6.07, 6.45) is 4.39. The number of hydrogen-bond acceptors (Lipinski definition) is 5. The zero-order valence-corrected chi connectivity index (χ0v) is 15.5. The maximum absolute atomic E-state index is 14.1. The van der Waals surface area contributed by atoms with Crippen LogP contribution in [0.15, 0.2) is 49.2 Å². The summed E-state index contributed by atoms with van der Waals surface area (Å²) < 4.78 is 30.1. The number of anilines is 1. The van der Waals surface area contributed by atoms with Crippen molar-refractivity contribution in [2.75, 3.05) is 5.32 Å². The topological polar surface area (TPSA) is 90.5 Å². The third-order valence-corrected chi connectivity index (χ3v) is 4.32. The van der Waals surface area contributed by atoms with Crippen LogP contribution in [-0.4, -0.2) is 35.4 Å². The Hall–Kier alpha value is -3.95. The molecule has 0 aliphatic rings. The van der Waals surface area contributed by atoms with Gasteiger partial charge < -0.3 is 5.32 Å². The molecule has 1 amide bonds. The predicted molar refractivity (Wildman–Crippen MR) is 100 cm³/mol. The van der Waals surface area contributed by atoms with Gasteiger partial charge in [0.1, 0.15) is 24.2 Å². The molecule has 0 radical (unpaired) electrons. The van der Waals surface area contributed by atoms with Gasteiger partial charge in [-0.3, -0.25) is 4.79 Å². The molecule has 4 rings (SSSR count). The number of nitrogens with zero attached hydrogens (tertiary/aromatic N) is 6. The van der Waals surface area contributed by atoms with Crippen LogP contribution in [0.25, 0.3) is 11.5 Å². The van der Waals surface area contributed by atoms with E-state index in [1.807, 2.05) is 0 Å². The monoisotopic (exact) mass is 395 g/mol. The van der Waals surface area contributed by atoms with Crippen molar-refractivity contribution in [2.45, 2.75) is 13.8 Å². The average Bonchev–Trinajstić information content (AvgIpc) is 3.31. The van der Waals surface area contributed by atoms with Gasteiger partial charge in [-0.1, -0.05) is 0 Å². The Morgan fingerprint density at radius 2 is 1.97 bits per heavy atom. The fraction of sp³-hybridized carbons (Fsp3) is 0.105. The number of aromatic nitrogens is 6. The van der Waals surface area contributed by atoms with Gasteiger partial charge in [-0.25, -0.2) is 28.1 Å². The van der Waals surface area contributed by atoms with Gasteiger partial charge in [-0.05, 0) is 38.1 Å². The molecule has 3 heterocycles. The zero-order valence-electron chi connectivity index (χ0n) is 15.5. The highest BCUT2D eigenvalue weighted by atomic mass is 19.1. The predicted octanol–water partition coefficient (Wildman–Crippen LogP) is 3.00. The Morgan fingerprint density at radius 1 is 1.14 bits per heavy atom. The lowest BCUT2D eigenvalue weighted by Crippen LogP contribution is -2.14. The summed E-state index contributed by atoms with van der Waals surface area (Å²) >= 11 is 0. The Labute approximate surface area is 163 Å². The number of hydrogen-bond donors (Lipinski definition) is 1. The Kier molecular flexibility index (Phi) is 4.59. The van der Waals surface area contributed by atoms with E-state index in [0.29, 0.717) is 28.5 Å². The van der Waals surface area contributed by atoms with E-state index in [9.17, 15) is 13.6 Å². The number of carbonyl (C=O) groups excluding carboxylic acids is 1. The standard InChI is InChI=1S/C19H15F2N7O/c1-11-18(12(2)28(26-11)16-5-3-13(20)7-15(16)21)19(29)25-14-4-6-17(23-8-14)27-10-22-9-24-27/h3-10H,1-2H3,(H,25,29). The second-order valence-electron chi connectivity index (χ2n) is 6.25. The van der Waals surface area contributed by atoms with Gasteiger partial charge in [0, 0.05) is 6.07 Å². The minimum Gasteiger partial charge on any atom is -0.320 e. The molecule has 0 saturated carbocycles. The molecule has 1 aromatic carbocycles. The van der Waals surface area contributed by atoms with Crippen molar-refractivity contribution in [1.29, 1.82) is 0 Å². The molecular weight excluding hydrogens is 380 g/mol. The van der Waals surface area contributed by atoms with Crippen LogP contribution in [0.1, 0.15) is 21.7 Å². The lowest BCUT2D eigenvalue weighted by atomic mass is 10.1. The zero-order chi connectivity index (χ0) is 20.5. The summed E-state index contributed by atoms with van der Waals surface area (Å²) in [5, 5.41) is 11.0. The molecule has 0 bridgehead atoms. The molecule has 0 aliphatic carbocycles. The SMILES string of the molecule is Cc1nn(-c2ccc(F)cc2F)c(C)c1C(=O)Nc1ccc(-n2cncn2)nc1. The van der Waals surface area contributed by atoms with Crippen molar-refractivity contribution >= 4 is 11.6 Å². The van der Waals surface area contributed by atoms with Crippen LogP contribution in [0, 0.1) is 25.5 Å². The van der Waals surface area contributed by atoms with E-state index in [0.717, 1.165) is 12.1 Å². The van der Waals surface area contributed by atoms with Crippen molar-refractivity contribution in [3.8, 4) is 11.5 Å². The number of halogens is 2. The first-order chi connectivity index (χ1) is 13.9. The number of nitrogens with one attached hydrogen (secondary N) is 1. The van der Waals surface area contributed by atoms with Crippen molar-refractivity contribution in [2.24, 2.45) is 0 Å². The minimum atomic E-state index is -0.768. The molecule has 0 unspecified atom stereocenters. The van der Waals surface area contributed by atoms with E-state index in [1.54, 1.807) is 26.0 Å². The quantitative estimate of drug-likeness (QED) is 0.574. The van der Waals surface area contributed by atoms with E-state index in [1.165, 1.54) is 34.3 Å². The summed E-state index contributed by atoms with van der Waals surface area (Å²) in [6.45, 7) is 3.29. The van der Waals surface area contributed by atoms with Gasteiger partial charge in [-0.15, -0.1) is 0 Å². The lowest BCUT2D eigenvalue weighted by molar-refractivity contribution is 0.102. The van der Waals surface area contributed by atoms with Gasteiger partial charge in [0.2, 0.25) is 0 Å². The molecule has 0 saturated heterocycles. The largest absolute Gasteiger partial charge is 0.320 e. The Balaban J connectivity index is 1.60. The third kappa shape index (κ3) is 3.47. The first-order valence-electron chi connectivity index (χ1n) is 8.58. The fourth-order valence-corrected chi connectivity index (χ4v) is 2.97. The van der Waals surface area contributed by atoms with Crippen LogP contribution in [0.4, 0.5) is 14.5 Å². The molecule has 0 atom stereocenters. The molecule has 0 aliphatic heterocycles. The lowest BCUT2D eigenvalue weighted by Gasteiger charge is -2.08. The molecule has 4 aromatic rings. The van der Waals surface area contributed by atoms with E-state index in [4.69, 9.17) is 0 Å². The first kappa shape index (κ1) is 18.4. The normalized spacial score (nSPS) is 10.9.